The summed E-state index contributed by atoms with van der Waals surface area (Å²) >= 11 is 0. The molecular weight excluding hydrogens is 479 g/mol. The van der Waals surface area contributed by atoms with Gasteiger partial charge in [0.2, 0.25) is 0 Å². The number of fused-ring (bicyclic) bond motifs is 1. The maximum absolute atomic E-state index is 13.8. The normalized spacial score (nSPS) is 18.6. The van der Waals surface area contributed by atoms with Crippen molar-refractivity contribution in [1.29, 1.82) is 0 Å². The molecule has 1 saturated heterocycles. The summed E-state index contributed by atoms with van der Waals surface area (Å²) in [6, 6.07) is 13.5. The Bertz CT molecular complexity index is 1300. The Kier molecular flexibility index (Phi) is 7.22. The highest BCUT2D eigenvalue weighted by molar-refractivity contribution is 5.90. The lowest BCUT2D eigenvalue weighted by Gasteiger charge is -2.41. The van der Waals surface area contributed by atoms with E-state index in [-0.39, 0.29) is 31.9 Å². The number of hydrogen-bond acceptors (Lipinski definition) is 6. The number of amides is 2. The summed E-state index contributed by atoms with van der Waals surface area (Å²) in [4.78, 5) is 42.5. The lowest BCUT2D eigenvalue weighted by molar-refractivity contribution is -0.117. The number of carbonyl (C=O) groups excluding carboxylic acids is 3. The number of aromatic nitrogens is 1. The van der Waals surface area contributed by atoms with E-state index in [2.05, 4.69) is 10.3 Å². The Labute approximate surface area is 214 Å². The van der Waals surface area contributed by atoms with Gasteiger partial charge in [-0.15, -0.1) is 0 Å². The minimum Gasteiger partial charge on any atom is -0.445 e. The van der Waals surface area contributed by atoms with Crippen LogP contribution in [-0.2, 0) is 20.9 Å². The van der Waals surface area contributed by atoms with Crippen LogP contribution in [0.25, 0.3) is 10.9 Å². The Morgan fingerprint density at radius 3 is 2.65 bits per heavy atom. The number of ether oxygens (including phenoxy) is 2. The van der Waals surface area contributed by atoms with Crippen LogP contribution in [-0.4, -0.2) is 52.2 Å². The van der Waals surface area contributed by atoms with Gasteiger partial charge in [-0.05, 0) is 50.1 Å². The third-order valence-corrected chi connectivity index (χ3v) is 6.25. The van der Waals surface area contributed by atoms with Crippen molar-refractivity contribution in [3.05, 3.63) is 71.7 Å². The Hall–Kier alpha value is -3.92. The van der Waals surface area contributed by atoms with Crippen molar-refractivity contribution in [3.63, 3.8) is 0 Å². The number of carbonyl (C=O) groups is 3. The molecule has 0 aliphatic carbocycles. The van der Waals surface area contributed by atoms with Gasteiger partial charge in [0.25, 0.3) is 0 Å². The summed E-state index contributed by atoms with van der Waals surface area (Å²) in [6.07, 6.45) is 0.0852. The molecule has 1 fully saturated rings. The molecule has 2 heterocycles. The topological polar surface area (TPSA) is 127 Å². The van der Waals surface area contributed by atoms with Gasteiger partial charge in [0.15, 0.2) is 5.78 Å². The first kappa shape index (κ1) is 26.2. The van der Waals surface area contributed by atoms with E-state index >= 15 is 0 Å². The number of nitrogens with one attached hydrogen (secondary N) is 2. The number of aromatic amines is 1. The standard InChI is InChI=1S/C27H31FN4O5/c1-26(2,3)37-25(35)32-15-19(33)12-27(32,29)22(21-13-30-23-11-18(28)9-10-20(21)23)14-31-24(34)36-16-17-7-5-4-6-8-17/h4-11,13,22,30H,12,14-16,29H2,1-3H3,(H,31,34)/t22-,27+/m1/s1. The summed E-state index contributed by atoms with van der Waals surface area (Å²) in [5.41, 5.74) is 6.47. The second-order valence-electron chi connectivity index (χ2n) is 10.2. The van der Waals surface area contributed by atoms with Crippen molar-refractivity contribution < 1.29 is 28.2 Å². The zero-order chi connectivity index (χ0) is 26.8. The fourth-order valence-electron chi connectivity index (χ4n) is 4.58. The maximum Gasteiger partial charge on any atom is 0.412 e. The SMILES string of the molecule is CC(C)(C)OC(=O)N1CC(=O)C[C@@]1(N)[C@H](CNC(=O)OCc1ccccc1)c1c[nH]c2cc(F)ccc12. The highest BCUT2D eigenvalue weighted by Crippen LogP contribution is 2.40. The van der Waals surface area contributed by atoms with E-state index < -0.39 is 35.2 Å². The Balaban J connectivity index is 1.63. The van der Waals surface area contributed by atoms with E-state index in [4.69, 9.17) is 15.2 Å². The highest BCUT2D eigenvalue weighted by atomic mass is 19.1. The number of Topliss-reactive ketones (excluding diaryl/α,β-unsaturated/α-hetero) is 1. The van der Waals surface area contributed by atoms with Gasteiger partial charge in [0.05, 0.1) is 6.54 Å². The van der Waals surface area contributed by atoms with Gasteiger partial charge in [-0.2, -0.15) is 0 Å². The first-order valence-corrected chi connectivity index (χ1v) is 12.0. The molecule has 1 aliphatic heterocycles. The molecule has 2 atom stereocenters. The number of halogens is 1. The van der Waals surface area contributed by atoms with E-state index in [9.17, 15) is 18.8 Å². The molecule has 10 heteroatoms. The largest absolute Gasteiger partial charge is 0.445 e. The van der Waals surface area contributed by atoms with Gasteiger partial charge < -0.3 is 25.5 Å². The number of H-pyrrole nitrogens is 1. The number of ketones is 1. The number of nitrogens with zero attached hydrogens (tertiary/aromatic N) is 1. The zero-order valence-electron chi connectivity index (χ0n) is 21.0. The molecule has 37 heavy (non-hydrogen) atoms. The molecule has 2 aromatic carbocycles. The number of nitrogens with two attached hydrogens (primary N) is 1. The summed E-state index contributed by atoms with van der Waals surface area (Å²) in [5.74, 6) is -1.42. The number of alkyl carbamates (subject to hydrolysis) is 1. The highest BCUT2D eigenvalue weighted by Gasteiger charge is 2.52. The van der Waals surface area contributed by atoms with Gasteiger partial charge in [-0.1, -0.05) is 30.3 Å². The van der Waals surface area contributed by atoms with E-state index in [0.717, 1.165) is 5.56 Å². The summed E-state index contributed by atoms with van der Waals surface area (Å²) in [7, 11) is 0. The van der Waals surface area contributed by atoms with Crippen LogP contribution in [0.4, 0.5) is 14.0 Å². The Morgan fingerprint density at radius 2 is 1.95 bits per heavy atom. The molecule has 4 rings (SSSR count). The molecular formula is C27H31FN4O5. The van der Waals surface area contributed by atoms with Gasteiger partial charge in [-0.3, -0.25) is 9.69 Å². The van der Waals surface area contributed by atoms with E-state index in [1.807, 2.05) is 30.3 Å². The van der Waals surface area contributed by atoms with Crippen molar-refractivity contribution in [3.8, 4) is 0 Å². The number of benzene rings is 2. The minimum absolute atomic E-state index is 0.0545. The first-order chi connectivity index (χ1) is 17.5. The van der Waals surface area contributed by atoms with Crippen LogP contribution in [0.1, 0.15) is 44.2 Å². The molecule has 196 valence electrons. The van der Waals surface area contributed by atoms with E-state index in [1.54, 1.807) is 33.0 Å². The van der Waals surface area contributed by atoms with E-state index in [0.29, 0.717) is 16.5 Å². The minimum atomic E-state index is -1.52. The molecule has 1 aliphatic rings. The maximum atomic E-state index is 13.8. The lowest BCUT2D eigenvalue weighted by atomic mass is 9.84. The van der Waals surface area contributed by atoms with Crippen LogP contribution in [0.3, 0.4) is 0 Å². The van der Waals surface area contributed by atoms with Crippen molar-refractivity contribution in [2.45, 2.75) is 51.0 Å². The number of likely N-dealkylation sites (tertiary alicyclic amines) is 1. The molecule has 1 aromatic heterocycles. The Morgan fingerprint density at radius 1 is 1.22 bits per heavy atom. The van der Waals surface area contributed by atoms with Crippen molar-refractivity contribution in [2.75, 3.05) is 13.1 Å². The van der Waals surface area contributed by atoms with Crippen LogP contribution >= 0.6 is 0 Å². The van der Waals surface area contributed by atoms with Crippen molar-refractivity contribution in [2.24, 2.45) is 5.73 Å². The fourth-order valence-corrected chi connectivity index (χ4v) is 4.58. The second-order valence-corrected chi connectivity index (χ2v) is 10.2. The number of rotatable bonds is 6. The monoisotopic (exact) mass is 510 g/mol. The lowest BCUT2D eigenvalue weighted by Crippen LogP contribution is -2.60. The summed E-state index contributed by atoms with van der Waals surface area (Å²) < 4.78 is 24.7. The van der Waals surface area contributed by atoms with Gasteiger partial charge in [0.1, 0.15) is 23.7 Å². The summed E-state index contributed by atoms with van der Waals surface area (Å²) in [5, 5.41) is 3.37. The molecule has 9 nitrogen and oxygen atoms in total. The molecule has 0 saturated carbocycles. The van der Waals surface area contributed by atoms with Crippen LogP contribution in [0.5, 0.6) is 0 Å². The molecule has 0 unspecified atom stereocenters. The van der Waals surface area contributed by atoms with Crippen molar-refractivity contribution >= 4 is 28.9 Å². The summed E-state index contributed by atoms with van der Waals surface area (Å²) in [6.45, 7) is 4.95. The average molecular weight is 511 g/mol. The molecule has 3 aromatic rings. The van der Waals surface area contributed by atoms with Crippen LogP contribution in [0.2, 0.25) is 0 Å². The third-order valence-electron chi connectivity index (χ3n) is 6.25. The predicted molar refractivity (Wildman–Crippen MR) is 135 cm³/mol. The van der Waals surface area contributed by atoms with Crippen LogP contribution in [0.15, 0.2) is 54.7 Å². The number of hydrogen-bond donors (Lipinski definition) is 3. The van der Waals surface area contributed by atoms with Crippen LogP contribution < -0.4 is 11.1 Å². The molecule has 0 bridgehead atoms. The van der Waals surface area contributed by atoms with Gasteiger partial charge in [-0.25, -0.2) is 14.0 Å². The third kappa shape index (κ3) is 5.91. The first-order valence-electron chi connectivity index (χ1n) is 12.0. The average Bonchev–Trinajstić information content (AvgIpc) is 3.37. The molecule has 4 N–H and O–H groups in total. The fraction of sp³-hybridized carbons (Fsp3) is 0.370. The molecule has 2 amide bonds. The zero-order valence-corrected chi connectivity index (χ0v) is 21.0. The second kappa shape index (κ2) is 10.2. The van der Waals surface area contributed by atoms with Crippen LogP contribution in [0, 0.1) is 5.82 Å². The quantitative estimate of drug-likeness (QED) is 0.457. The van der Waals surface area contributed by atoms with Gasteiger partial charge in [0, 0.05) is 36.0 Å². The smallest absolute Gasteiger partial charge is 0.412 e. The van der Waals surface area contributed by atoms with E-state index in [1.165, 1.54) is 17.0 Å². The molecule has 0 spiro atoms. The predicted octanol–water partition coefficient (Wildman–Crippen LogP) is 4.18. The molecule has 0 radical (unpaired) electrons. The van der Waals surface area contributed by atoms with Crippen molar-refractivity contribution in [1.82, 2.24) is 15.2 Å². The van der Waals surface area contributed by atoms with Gasteiger partial charge >= 0.3 is 12.2 Å².